The number of benzene rings is 1. The summed E-state index contributed by atoms with van der Waals surface area (Å²) in [5, 5.41) is 10.3. The fourth-order valence-corrected chi connectivity index (χ4v) is 3.27. The van der Waals surface area contributed by atoms with Gasteiger partial charge in [0.1, 0.15) is 0 Å². The minimum atomic E-state index is -0.654. The van der Waals surface area contributed by atoms with Crippen molar-refractivity contribution in [3.63, 3.8) is 0 Å². The van der Waals surface area contributed by atoms with Crippen LogP contribution in [0.2, 0.25) is 5.02 Å². The van der Waals surface area contributed by atoms with E-state index in [0.717, 1.165) is 31.2 Å². The van der Waals surface area contributed by atoms with Crippen LogP contribution in [0.4, 0.5) is 0 Å². The Labute approximate surface area is 113 Å². The molecule has 2 rings (SSSR count). The molecule has 2 atom stereocenters. The van der Waals surface area contributed by atoms with E-state index in [1.165, 1.54) is 0 Å². The molecule has 0 aromatic heterocycles. The van der Waals surface area contributed by atoms with Crippen molar-refractivity contribution in [1.29, 1.82) is 0 Å². The van der Waals surface area contributed by atoms with Crippen LogP contribution in [0.15, 0.2) is 24.3 Å². The lowest BCUT2D eigenvalue weighted by atomic mass is 9.79. The number of rotatable bonds is 4. The van der Waals surface area contributed by atoms with Crippen LogP contribution < -0.4 is 0 Å². The molecule has 1 aromatic rings. The molecule has 0 amide bonds. The average Bonchev–Trinajstić information content (AvgIpc) is 2.74. The van der Waals surface area contributed by atoms with Crippen molar-refractivity contribution in [2.24, 2.45) is 11.3 Å². The van der Waals surface area contributed by atoms with Gasteiger partial charge in [0.15, 0.2) is 0 Å². The molecule has 1 aliphatic carbocycles. The van der Waals surface area contributed by atoms with Crippen LogP contribution in [0.25, 0.3) is 0 Å². The first kappa shape index (κ1) is 13.4. The zero-order chi connectivity index (χ0) is 13.2. The van der Waals surface area contributed by atoms with Crippen molar-refractivity contribution in [3.05, 3.63) is 34.9 Å². The molecule has 18 heavy (non-hydrogen) atoms. The van der Waals surface area contributed by atoms with Crippen LogP contribution in [0, 0.1) is 11.3 Å². The maximum absolute atomic E-state index is 11.6. The third-order valence-electron chi connectivity index (χ3n) is 4.17. The maximum Gasteiger partial charge on any atom is 0.309 e. The van der Waals surface area contributed by atoms with Gasteiger partial charge in [0, 0.05) is 5.02 Å². The Morgan fingerprint density at radius 3 is 2.89 bits per heavy atom. The molecule has 98 valence electrons. The van der Waals surface area contributed by atoms with E-state index in [2.05, 4.69) is 6.92 Å². The van der Waals surface area contributed by atoms with E-state index < -0.39 is 11.4 Å². The Balaban J connectivity index is 2.20. The molecule has 2 unspecified atom stereocenters. The Kier molecular flexibility index (Phi) is 3.96. The summed E-state index contributed by atoms with van der Waals surface area (Å²) in [7, 11) is 0. The summed E-state index contributed by atoms with van der Waals surface area (Å²) in [5.41, 5.74) is 0.451. The van der Waals surface area contributed by atoms with Crippen molar-refractivity contribution in [2.75, 3.05) is 0 Å². The van der Waals surface area contributed by atoms with Gasteiger partial charge < -0.3 is 5.11 Å². The van der Waals surface area contributed by atoms with Crippen LogP contribution in [-0.2, 0) is 11.2 Å². The van der Waals surface area contributed by atoms with E-state index in [4.69, 9.17) is 11.6 Å². The number of carboxylic acid groups (broad SMARTS) is 1. The molecular weight excluding hydrogens is 248 g/mol. The molecule has 2 nitrogen and oxygen atoms in total. The maximum atomic E-state index is 11.6. The largest absolute Gasteiger partial charge is 0.481 e. The van der Waals surface area contributed by atoms with Crippen LogP contribution in [0.5, 0.6) is 0 Å². The first-order valence-corrected chi connectivity index (χ1v) is 6.91. The summed E-state index contributed by atoms with van der Waals surface area (Å²) in [4.78, 5) is 11.6. The Bertz CT molecular complexity index is 444. The second kappa shape index (κ2) is 5.31. The highest BCUT2D eigenvalue weighted by Gasteiger charge is 2.44. The van der Waals surface area contributed by atoms with Gasteiger partial charge in [-0.1, -0.05) is 37.1 Å². The Morgan fingerprint density at radius 1 is 1.56 bits per heavy atom. The third kappa shape index (κ3) is 2.69. The first-order valence-electron chi connectivity index (χ1n) is 6.53. The number of hydrogen-bond acceptors (Lipinski definition) is 1. The highest BCUT2D eigenvalue weighted by atomic mass is 35.5. The summed E-state index contributed by atoms with van der Waals surface area (Å²) in [6, 6.07) is 7.56. The quantitative estimate of drug-likeness (QED) is 0.888. The summed E-state index contributed by atoms with van der Waals surface area (Å²) < 4.78 is 0. The molecule has 3 heteroatoms. The van der Waals surface area contributed by atoms with Crippen molar-refractivity contribution in [2.45, 2.75) is 39.0 Å². The Hall–Kier alpha value is -1.02. The topological polar surface area (TPSA) is 37.3 Å². The minimum absolute atomic E-state index is 0.556. The third-order valence-corrected chi connectivity index (χ3v) is 4.41. The number of hydrogen-bond donors (Lipinski definition) is 1. The molecule has 0 radical (unpaired) electrons. The average molecular weight is 267 g/mol. The second-order valence-corrected chi connectivity index (χ2v) is 5.85. The molecule has 0 spiro atoms. The molecular formula is C15H19ClO2. The van der Waals surface area contributed by atoms with Gasteiger partial charge in [-0.2, -0.15) is 0 Å². The molecule has 0 bridgehead atoms. The van der Waals surface area contributed by atoms with Gasteiger partial charge in [-0.3, -0.25) is 4.79 Å². The van der Waals surface area contributed by atoms with E-state index in [1.54, 1.807) is 0 Å². The van der Waals surface area contributed by atoms with Crippen molar-refractivity contribution < 1.29 is 9.90 Å². The summed E-state index contributed by atoms with van der Waals surface area (Å²) in [5.74, 6) is -0.0984. The van der Waals surface area contributed by atoms with Crippen molar-refractivity contribution in [1.82, 2.24) is 0 Å². The Morgan fingerprint density at radius 2 is 2.33 bits per heavy atom. The summed E-state index contributed by atoms with van der Waals surface area (Å²) in [6.45, 7) is 2.14. The molecule has 0 saturated heterocycles. The number of halogens is 1. The molecule has 1 aromatic carbocycles. The standard InChI is InChI=1S/C15H19ClO2/c1-2-11-6-7-15(9-11,14(17)18)10-12-4-3-5-13(16)8-12/h3-5,8,11H,2,6-7,9-10H2,1H3,(H,17,18). The normalized spacial score (nSPS) is 27.3. The van der Waals surface area contributed by atoms with Crippen LogP contribution >= 0.6 is 11.6 Å². The van der Waals surface area contributed by atoms with Crippen LogP contribution in [0.3, 0.4) is 0 Å². The smallest absolute Gasteiger partial charge is 0.309 e. The van der Waals surface area contributed by atoms with E-state index in [9.17, 15) is 9.90 Å². The fourth-order valence-electron chi connectivity index (χ4n) is 3.05. The monoisotopic (exact) mass is 266 g/mol. The SMILES string of the molecule is CCC1CCC(Cc2cccc(Cl)c2)(C(=O)O)C1. The molecule has 0 aliphatic heterocycles. The number of aliphatic carboxylic acids is 1. The zero-order valence-corrected chi connectivity index (χ0v) is 11.4. The highest BCUT2D eigenvalue weighted by Crippen LogP contribution is 2.45. The van der Waals surface area contributed by atoms with E-state index in [-0.39, 0.29) is 0 Å². The van der Waals surface area contributed by atoms with Gasteiger partial charge >= 0.3 is 5.97 Å². The molecule has 1 fully saturated rings. The van der Waals surface area contributed by atoms with E-state index >= 15 is 0 Å². The predicted molar refractivity (Wildman–Crippen MR) is 72.9 cm³/mol. The van der Waals surface area contributed by atoms with Gasteiger partial charge in [0.25, 0.3) is 0 Å². The fraction of sp³-hybridized carbons (Fsp3) is 0.533. The van der Waals surface area contributed by atoms with Gasteiger partial charge in [-0.15, -0.1) is 0 Å². The number of carbonyl (C=O) groups is 1. The summed E-state index contributed by atoms with van der Waals surface area (Å²) in [6.07, 6.45) is 4.28. The predicted octanol–water partition coefficient (Wildman–Crippen LogP) is 4.16. The van der Waals surface area contributed by atoms with Crippen LogP contribution in [-0.4, -0.2) is 11.1 Å². The second-order valence-electron chi connectivity index (χ2n) is 5.41. The molecule has 1 saturated carbocycles. The van der Waals surface area contributed by atoms with Gasteiger partial charge in [-0.05, 0) is 49.3 Å². The van der Waals surface area contributed by atoms with Crippen molar-refractivity contribution in [3.8, 4) is 0 Å². The van der Waals surface area contributed by atoms with Crippen LogP contribution in [0.1, 0.15) is 38.2 Å². The van der Waals surface area contributed by atoms with Gasteiger partial charge in [0.2, 0.25) is 0 Å². The van der Waals surface area contributed by atoms with E-state index in [0.29, 0.717) is 17.4 Å². The van der Waals surface area contributed by atoms with Crippen molar-refractivity contribution >= 4 is 17.6 Å². The lowest BCUT2D eigenvalue weighted by molar-refractivity contribution is -0.148. The van der Waals surface area contributed by atoms with Gasteiger partial charge in [-0.25, -0.2) is 0 Å². The van der Waals surface area contributed by atoms with E-state index in [1.807, 2.05) is 24.3 Å². The first-order chi connectivity index (χ1) is 8.55. The molecule has 1 aliphatic rings. The zero-order valence-electron chi connectivity index (χ0n) is 10.7. The molecule has 0 heterocycles. The lowest BCUT2D eigenvalue weighted by Crippen LogP contribution is -2.30. The minimum Gasteiger partial charge on any atom is -0.481 e. The summed E-state index contributed by atoms with van der Waals surface area (Å²) >= 11 is 5.96. The number of carboxylic acids is 1. The highest BCUT2D eigenvalue weighted by molar-refractivity contribution is 6.30. The lowest BCUT2D eigenvalue weighted by Gasteiger charge is -2.24. The van der Waals surface area contributed by atoms with Gasteiger partial charge in [0.05, 0.1) is 5.41 Å². The molecule has 1 N–H and O–H groups in total.